The normalized spacial score (nSPS) is 25.6. The predicted molar refractivity (Wildman–Crippen MR) is 61.9 cm³/mol. The quantitative estimate of drug-likeness (QED) is 0.556. The summed E-state index contributed by atoms with van der Waals surface area (Å²) in [5.41, 5.74) is 11.6. The van der Waals surface area contributed by atoms with Crippen molar-refractivity contribution in [2.45, 2.75) is 11.4 Å². The van der Waals surface area contributed by atoms with Crippen LogP contribution in [0.3, 0.4) is 0 Å². The molecule has 5 N–H and O–H groups in total. The van der Waals surface area contributed by atoms with Gasteiger partial charge in [0.2, 0.25) is 0 Å². The van der Waals surface area contributed by atoms with Gasteiger partial charge >= 0.3 is 0 Å². The van der Waals surface area contributed by atoms with Gasteiger partial charge in [-0.2, -0.15) is 0 Å². The molecule has 1 aliphatic heterocycles. The van der Waals surface area contributed by atoms with Crippen molar-refractivity contribution in [3.05, 3.63) is 30.3 Å². The van der Waals surface area contributed by atoms with Gasteiger partial charge in [-0.1, -0.05) is 18.2 Å². The highest BCUT2D eigenvalue weighted by Gasteiger charge is 2.35. The highest BCUT2D eigenvalue weighted by atomic mass is 32.2. The van der Waals surface area contributed by atoms with Crippen molar-refractivity contribution in [3.8, 4) is 0 Å². The Morgan fingerprint density at radius 1 is 1.31 bits per heavy atom. The molecule has 0 aliphatic carbocycles. The molecule has 0 aromatic heterocycles. The summed E-state index contributed by atoms with van der Waals surface area (Å²) in [5.74, 6) is 0. The molecule has 2 atom stereocenters. The fraction of sp³-hybridized carbons (Fsp3) is 0.333. The molecular weight excluding hydrogens is 228 g/mol. The van der Waals surface area contributed by atoms with Gasteiger partial charge in [0.15, 0.2) is 5.37 Å². The average molecular weight is 242 g/mol. The Morgan fingerprint density at radius 2 is 2.00 bits per heavy atom. The molecule has 0 radical (unpaired) electrons. The van der Waals surface area contributed by atoms with E-state index in [1.807, 2.05) is 6.07 Å². The van der Waals surface area contributed by atoms with Gasteiger partial charge in [0, 0.05) is 12.2 Å². The van der Waals surface area contributed by atoms with Gasteiger partial charge in [0.05, 0.1) is 6.04 Å². The van der Waals surface area contributed by atoms with E-state index in [0.717, 1.165) is 0 Å². The molecule has 0 bridgehead atoms. The number of hydrazine groups is 1. The van der Waals surface area contributed by atoms with Crippen molar-refractivity contribution in [3.63, 3.8) is 0 Å². The van der Waals surface area contributed by atoms with Crippen LogP contribution in [0.5, 0.6) is 0 Å². The second-order valence-corrected chi connectivity index (χ2v) is 5.42. The first-order valence-electron chi connectivity index (χ1n) is 4.90. The predicted octanol–water partition coefficient (Wildman–Crippen LogP) is -0.810. The molecule has 1 aromatic carbocycles. The van der Waals surface area contributed by atoms with Gasteiger partial charge < -0.3 is 5.73 Å². The number of hydrogen-bond acceptors (Lipinski definition) is 5. The molecule has 2 unspecified atom stereocenters. The van der Waals surface area contributed by atoms with E-state index in [1.165, 1.54) is 0 Å². The van der Waals surface area contributed by atoms with Crippen molar-refractivity contribution in [2.75, 3.05) is 11.3 Å². The summed E-state index contributed by atoms with van der Waals surface area (Å²) >= 11 is 0. The number of hydrogen-bond donors (Lipinski definition) is 4. The Hall–Kier alpha value is -1.15. The Kier molecular flexibility index (Phi) is 3.10. The van der Waals surface area contributed by atoms with Gasteiger partial charge in [-0.15, -0.1) is 0 Å². The number of rotatable bonds is 3. The van der Waals surface area contributed by atoms with Crippen LogP contribution < -0.4 is 21.3 Å². The molecule has 1 saturated heterocycles. The lowest BCUT2D eigenvalue weighted by Crippen LogP contribution is -2.46. The summed E-state index contributed by atoms with van der Waals surface area (Å²) in [6, 6.07) is 8.26. The van der Waals surface area contributed by atoms with Crippen molar-refractivity contribution in [2.24, 2.45) is 5.73 Å². The Labute approximate surface area is 94.2 Å². The maximum absolute atomic E-state index is 11.9. The first-order chi connectivity index (χ1) is 7.59. The van der Waals surface area contributed by atoms with E-state index in [4.69, 9.17) is 5.73 Å². The van der Waals surface area contributed by atoms with Crippen molar-refractivity contribution in [1.29, 1.82) is 0 Å². The first kappa shape index (κ1) is 11.3. The molecule has 88 valence electrons. The summed E-state index contributed by atoms with van der Waals surface area (Å²) in [4.78, 5) is 0. The maximum atomic E-state index is 11.9. The van der Waals surface area contributed by atoms with E-state index in [1.54, 1.807) is 24.3 Å². The zero-order valence-corrected chi connectivity index (χ0v) is 9.37. The second kappa shape index (κ2) is 4.38. The van der Waals surface area contributed by atoms with Crippen LogP contribution in [0.1, 0.15) is 0 Å². The molecule has 7 heteroatoms. The van der Waals surface area contributed by atoms with Crippen LogP contribution in [0.4, 0.5) is 5.69 Å². The van der Waals surface area contributed by atoms with E-state index < -0.39 is 21.4 Å². The fourth-order valence-corrected chi connectivity index (χ4v) is 2.92. The molecule has 0 amide bonds. The minimum Gasteiger partial charge on any atom is -0.324 e. The van der Waals surface area contributed by atoms with Gasteiger partial charge in [0.25, 0.3) is 10.0 Å². The van der Waals surface area contributed by atoms with Crippen LogP contribution in [-0.4, -0.2) is 26.4 Å². The molecule has 0 spiro atoms. The lowest BCUT2D eigenvalue weighted by Gasteiger charge is -2.16. The molecule has 1 aliphatic rings. The first-order valence-corrected chi connectivity index (χ1v) is 6.45. The summed E-state index contributed by atoms with van der Waals surface area (Å²) in [6.45, 7) is 0.431. The summed E-state index contributed by atoms with van der Waals surface area (Å²) in [6.07, 6.45) is 0. The van der Waals surface area contributed by atoms with Crippen LogP contribution in [0.25, 0.3) is 0 Å². The number of anilines is 1. The fourth-order valence-electron chi connectivity index (χ4n) is 1.53. The zero-order valence-electron chi connectivity index (χ0n) is 8.55. The Balaban J connectivity index is 2.14. The molecule has 1 aromatic rings. The minimum absolute atomic E-state index is 0.431. The van der Waals surface area contributed by atoms with Crippen LogP contribution >= 0.6 is 0 Å². The zero-order chi connectivity index (χ0) is 11.6. The number of sulfonamides is 1. The van der Waals surface area contributed by atoms with Crippen molar-refractivity contribution in [1.82, 2.24) is 10.9 Å². The smallest absolute Gasteiger partial charge is 0.251 e. The molecular formula is C9H14N4O2S. The average Bonchev–Trinajstić information content (AvgIpc) is 2.66. The standard InChI is InChI=1S/C9H14N4O2S/c10-8-6-11-12-9(8)16(14,15)13-7-4-2-1-3-5-7/h1-5,8-9,11-13H,6,10H2. The molecule has 16 heavy (non-hydrogen) atoms. The van der Waals surface area contributed by atoms with Crippen LogP contribution in [0.15, 0.2) is 30.3 Å². The number of benzene rings is 1. The summed E-state index contributed by atoms with van der Waals surface area (Å²) in [5, 5.41) is -0.812. The molecule has 0 saturated carbocycles. The third-order valence-corrected chi connectivity index (χ3v) is 4.00. The molecule has 1 heterocycles. The minimum atomic E-state index is -3.51. The maximum Gasteiger partial charge on any atom is 0.251 e. The highest BCUT2D eigenvalue weighted by Crippen LogP contribution is 2.12. The third-order valence-electron chi connectivity index (χ3n) is 2.34. The second-order valence-electron chi connectivity index (χ2n) is 3.62. The van der Waals surface area contributed by atoms with Crippen molar-refractivity contribution >= 4 is 15.7 Å². The monoisotopic (exact) mass is 242 g/mol. The highest BCUT2D eigenvalue weighted by molar-refractivity contribution is 7.93. The van der Waals surface area contributed by atoms with E-state index in [0.29, 0.717) is 12.2 Å². The topological polar surface area (TPSA) is 96.2 Å². The van der Waals surface area contributed by atoms with Gasteiger partial charge in [-0.05, 0) is 12.1 Å². The summed E-state index contributed by atoms with van der Waals surface area (Å²) in [7, 11) is -3.51. The SMILES string of the molecule is NC1CNNC1S(=O)(=O)Nc1ccccc1. The van der Waals surface area contributed by atoms with Gasteiger partial charge in [0.1, 0.15) is 0 Å². The molecule has 1 fully saturated rings. The van der Waals surface area contributed by atoms with Crippen LogP contribution in [0.2, 0.25) is 0 Å². The largest absolute Gasteiger partial charge is 0.324 e. The Bertz CT molecular complexity index is 448. The molecule has 2 rings (SSSR count). The van der Waals surface area contributed by atoms with Crippen LogP contribution in [0, 0.1) is 0 Å². The number of nitrogens with two attached hydrogens (primary N) is 1. The lowest BCUT2D eigenvalue weighted by atomic mass is 10.3. The van der Waals surface area contributed by atoms with E-state index in [-0.39, 0.29) is 0 Å². The van der Waals surface area contributed by atoms with E-state index in [9.17, 15) is 8.42 Å². The van der Waals surface area contributed by atoms with E-state index in [2.05, 4.69) is 15.6 Å². The van der Waals surface area contributed by atoms with Gasteiger partial charge in [-0.3, -0.25) is 10.1 Å². The number of nitrogens with one attached hydrogen (secondary N) is 3. The van der Waals surface area contributed by atoms with Gasteiger partial charge in [-0.25, -0.2) is 13.8 Å². The summed E-state index contributed by atoms with van der Waals surface area (Å²) < 4.78 is 26.3. The number of para-hydroxylation sites is 1. The van der Waals surface area contributed by atoms with Crippen molar-refractivity contribution < 1.29 is 8.42 Å². The van der Waals surface area contributed by atoms with Crippen LogP contribution in [-0.2, 0) is 10.0 Å². The molecule has 6 nitrogen and oxygen atoms in total. The third kappa shape index (κ3) is 2.33. The lowest BCUT2D eigenvalue weighted by molar-refractivity contribution is 0.557. The van der Waals surface area contributed by atoms with E-state index >= 15 is 0 Å². The Morgan fingerprint density at radius 3 is 2.56 bits per heavy atom.